The van der Waals surface area contributed by atoms with Crippen LogP contribution in [0.2, 0.25) is 0 Å². The fraction of sp³-hybridized carbons (Fsp3) is 0.440. The molecule has 0 amide bonds. The average molecular weight is 430 g/mol. The topological polar surface area (TPSA) is 81.0 Å². The molecule has 7 nitrogen and oxygen atoms in total. The van der Waals surface area contributed by atoms with Crippen LogP contribution in [0.1, 0.15) is 42.1 Å². The molecule has 32 heavy (non-hydrogen) atoms. The zero-order chi connectivity index (χ0) is 22.9. The molecule has 1 N–H and O–H groups in total. The Hall–Kier alpha value is -3.24. The number of pyridine rings is 1. The fourth-order valence-corrected chi connectivity index (χ4v) is 4.30. The van der Waals surface area contributed by atoms with Gasteiger partial charge in [0.05, 0.1) is 17.3 Å². The molecule has 3 aromatic rings. The van der Waals surface area contributed by atoms with Crippen molar-refractivity contribution in [1.82, 2.24) is 20.1 Å². The Labute approximate surface area is 190 Å². The molecule has 4 rings (SSSR count). The number of nitrogens with zero attached hydrogens (tertiary/aromatic N) is 6. The van der Waals surface area contributed by atoms with E-state index in [0.29, 0.717) is 12.1 Å². The molecule has 0 atom stereocenters. The zero-order valence-electron chi connectivity index (χ0n) is 19.6. The van der Waals surface area contributed by atoms with Crippen LogP contribution in [-0.4, -0.2) is 52.8 Å². The minimum Gasteiger partial charge on any atom is -0.364 e. The molecule has 1 fully saturated rings. The van der Waals surface area contributed by atoms with Gasteiger partial charge in [-0.3, -0.25) is 0 Å². The molecular formula is C25H31N7. The normalized spacial score (nSPS) is 15.7. The van der Waals surface area contributed by atoms with Crippen molar-refractivity contribution in [2.24, 2.45) is 0 Å². The van der Waals surface area contributed by atoms with E-state index in [-0.39, 0.29) is 5.54 Å². The molecule has 0 radical (unpaired) electrons. The van der Waals surface area contributed by atoms with E-state index in [1.807, 2.05) is 38.2 Å². The Morgan fingerprint density at radius 1 is 1.16 bits per heavy atom. The van der Waals surface area contributed by atoms with Gasteiger partial charge >= 0.3 is 0 Å². The molecule has 7 heteroatoms. The van der Waals surface area contributed by atoms with Crippen LogP contribution in [-0.2, 0) is 6.54 Å². The molecule has 3 heterocycles. The van der Waals surface area contributed by atoms with Crippen LogP contribution in [0, 0.1) is 25.2 Å². The molecule has 0 aliphatic carbocycles. The summed E-state index contributed by atoms with van der Waals surface area (Å²) >= 11 is 0. The van der Waals surface area contributed by atoms with Crippen LogP contribution in [0.4, 0.5) is 11.6 Å². The SMILES string of the molecule is Cc1c(C#N)cccc1CNc1nnc(C)c2cnc(N3CCC(C)(N(C)C)CC3)cc12. The first kappa shape index (κ1) is 22.0. The standard InChI is InChI=1S/C25H31N7/c1-17-19(14-26)7-6-8-20(17)15-28-24-21-13-23(27-16-22(21)18(2)29-30-24)32-11-9-25(3,10-12-32)31(4)5/h6-8,13,16H,9-12,15H2,1-5H3,(H,28,30). The first-order valence-corrected chi connectivity index (χ1v) is 11.1. The molecule has 1 aromatic carbocycles. The Bertz CT molecular complexity index is 1170. The highest BCUT2D eigenvalue weighted by Gasteiger charge is 2.32. The molecule has 1 aliphatic heterocycles. The molecule has 0 saturated carbocycles. The summed E-state index contributed by atoms with van der Waals surface area (Å²) in [7, 11) is 4.33. The second-order valence-corrected chi connectivity index (χ2v) is 9.16. The van der Waals surface area contributed by atoms with E-state index >= 15 is 0 Å². The van der Waals surface area contributed by atoms with E-state index in [1.54, 1.807) is 0 Å². The van der Waals surface area contributed by atoms with Crippen LogP contribution in [0.3, 0.4) is 0 Å². The third-order valence-electron chi connectivity index (χ3n) is 7.09. The van der Waals surface area contributed by atoms with E-state index in [0.717, 1.165) is 65.2 Å². The minimum absolute atomic E-state index is 0.234. The van der Waals surface area contributed by atoms with Crippen molar-refractivity contribution < 1.29 is 0 Å². The first-order chi connectivity index (χ1) is 15.3. The van der Waals surface area contributed by atoms with Gasteiger partial charge in [0, 0.05) is 42.1 Å². The van der Waals surface area contributed by atoms with Crippen molar-refractivity contribution in [3.8, 4) is 6.07 Å². The molecule has 2 aromatic heterocycles. The Kier molecular flexibility index (Phi) is 5.98. The number of aromatic nitrogens is 3. The van der Waals surface area contributed by atoms with E-state index in [4.69, 9.17) is 4.98 Å². The summed E-state index contributed by atoms with van der Waals surface area (Å²) in [5.41, 5.74) is 3.87. The quantitative estimate of drug-likeness (QED) is 0.655. The maximum Gasteiger partial charge on any atom is 0.157 e. The van der Waals surface area contributed by atoms with Gasteiger partial charge in [-0.15, -0.1) is 5.10 Å². The van der Waals surface area contributed by atoms with E-state index < -0.39 is 0 Å². The number of rotatable bonds is 5. The molecular weight excluding hydrogens is 398 g/mol. The van der Waals surface area contributed by atoms with Crippen LogP contribution in [0.25, 0.3) is 10.8 Å². The smallest absolute Gasteiger partial charge is 0.157 e. The number of hydrogen-bond acceptors (Lipinski definition) is 7. The largest absolute Gasteiger partial charge is 0.364 e. The summed E-state index contributed by atoms with van der Waals surface area (Å²) < 4.78 is 0. The molecule has 166 valence electrons. The zero-order valence-corrected chi connectivity index (χ0v) is 19.6. The second-order valence-electron chi connectivity index (χ2n) is 9.16. The minimum atomic E-state index is 0.234. The predicted octanol–water partition coefficient (Wildman–Crippen LogP) is 4.05. The van der Waals surface area contributed by atoms with Crippen molar-refractivity contribution in [3.05, 3.63) is 52.8 Å². The summed E-state index contributed by atoms with van der Waals surface area (Å²) in [6.07, 6.45) is 4.13. The molecule has 1 aliphatic rings. The van der Waals surface area contributed by atoms with Crippen LogP contribution in [0.5, 0.6) is 0 Å². The number of hydrogen-bond donors (Lipinski definition) is 1. The lowest BCUT2D eigenvalue weighted by molar-refractivity contribution is 0.137. The van der Waals surface area contributed by atoms with Gasteiger partial charge in [0.1, 0.15) is 5.82 Å². The predicted molar refractivity (Wildman–Crippen MR) is 129 cm³/mol. The van der Waals surface area contributed by atoms with Gasteiger partial charge in [0.15, 0.2) is 5.82 Å². The van der Waals surface area contributed by atoms with Gasteiger partial charge in [0.2, 0.25) is 0 Å². The van der Waals surface area contributed by atoms with Crippen molar-refractivity contribution >= 4 is 22.4 Å². The highest BCUT2D eigenvalue weighted by atomic mass is 15.2. The summed E-state index contributed by atoms with van der Waals surface area (Å²) in [4.78, 5) is 9.46. The number of piperidine rings is 1. The highest BCUT2D eigenvalue weighted by Crippen LogP contribution is 2.31. The summed E-state index contributed by atoms with van der Waals surface area (Å²) in [6.45, 7) is 8.82. The van der Waals surface area contributed by atoms with E-state index in [1.165, 1.54) is 0 Å². The third kappa shape index (κ3) is 4.11. The molecule has 0 bridgehead atoms. The number of nitrogens with one attached hydrogen (secondary N) is 1. The van der Waals surface area contributed by atoms with Crippen LogP contribution in [0.15, 0.2) is 30.5 Å². The van der Waals surface area contributed by atoms with Crippen molar-refractivity contribution in [1.29, 1.82) is 5.26 Å². The van der Waals surface area contributed by atoms with Crippen molar-refractivity contribution in [2.45, 2.75) is 45.7 Å². The number of benzene rings is 1. The van der Waals surface area contributed by atoms with Gasteiger partial charge in [-0.05, 0) is 71.0 Å². The van der Waals surface area contributed by atoms with Crippen molar-refractivity contribution in [2.75, 3.05) is 37.4 Å². The summed E-state index contributed by atoms with van der Waals surface area (Å²) in [5, 5.41) is 23.6. The van der Waals surface area contributed by atoms with Gasteiger partial charge in [-0.2, -0.15) is 10.4 Å². The monoisotopic (exact) mass is 429 g/mol. The van der Waals surface area contributed by atoms with Gasteiger partial charge in [-0.25, -0.2) is 4.98 Å². The van der Waals surface area contributed by atoms with Gasteiger partial charge in [0.25, 0.3) is 0 Å². The second kappa shape index (κ2) is 8.71. The van der Waals surface area contributed by atoms with E-state index in [2.05, 4.69) is 58.5 Å². The number of fused-ring (bicyclic) bond motifs is 1. The Morgan fingerprint density at radius 2 is 1.91 bits per heavy atom. The molecule has 0 spiro atoms. The van der Waals surface area contributed by atoms with E-state index in [9.17, 15) is 5.26 Å². The lowest BCUT2D eigenvalue weighted by Crippen LogP contribution is -2.50. The summed E-state index contributed by atoms with van der Waals surface area (Å²) in [5.74, 6) is 1.72. The van der Waals surface area contributed by atoms with Crippen molar-refractivity contribution in [3.63, 3.8) is 0 Å². The van der Waals surface area contributed by atoms with Gasteiger partial charge < -0.3 is 15.1 Å². The number of aryl methyl sites for hydroxylation is 1. The number of anilines is 2. The lowest BCUT2D eigenvalue weighted by Gasteiger charge is -2.44. The number of nitriles is 1. The van der Waals surface area contributed by atoms with Gasteiger partial charge in [-0.1, -0.05) is 12.1 Å². The first-order valence-electron chi connectivity index (χ1n) is 11.1. The third-order valence-corrected chi connectivity index (χ3v) is 7.09. The van der Waals surface area contributed by atoms with Crippen LogP contribution >= 0.6 is 0 Å². The Morgan fingerprint density at radius 3 is 2.59 bits per heavy atom. The molecule has 1 saturated heterocycles. The Balaban J connectivity index is 1.61. The summed E-state index contributed by atoms with van der Waals surface area (Å²) in [6, 6.07) is 10.2. The maximum atomic E-state index is 9.31. The lowest BCUT2D eigenvalue weighted by atomic mass is 9.88. The maximum absolute atomic E-state index is 9.31. The molecule has 0 unspecified atom stereocenters. The fourth-order valence-electron chi connectivity index (χ4n) is 4.30. The highest BCUT2D eigenvalue weighted by molar-refractivity contribution is 5.94. The average Bonchev–Trinajstić information content (AvgIpc) is 2.80. The van der Waals surface area contributed by atoms with Crippen LogP contribution < -0.4 is 10.2 Å².